The Labute approximate surface area is 129 Å². The van der Waals surface area contributed by atoms with Crippen LogP contribution in [0.5, 0.6) is 0 Å². The fraction of sp³-hybridized carbons (Fsp3) is 0.722. The first-order chi connectivity index (χ1) is 10.0. The van der Waals surface area contributed by atoms with Gasteiger partial charge in [-0.25, -0.2) is 4.98 Å². The van der Waals surface area contributed by atoms with Gasteiger partial charge in [0.2, 0.25) is 0 Å². The van der Waals surface area contributed by atoms with Crippen molar-refractivity contribution in [1.82, 2.24) is 10.3 Å². The molecule has 3 heteroatoms. The van der Waals surface area contributed by atoms with Crippen molar-refractivity contribution in [3.8, 4) is 0 Å². The molecule has 3 nitrogen and oxygen atoms in total. The van der Waals surface area contributed by atoms with Crippen molar-refractivity contribution in [3.63, 3.8) is 0 Å². The highest BCUT2D eigenvalue weighted by molar-refractivity contribution is 5.53. The summed E-state index contributed by atoms with van der Waals surface area (Å²) in [5.74, 6) is 1.93. The summed E-state index contributed by atoms with van der Waals surface area (Å²) in [5, 5.41) is 3.67. The maximum atomic E-state index is 4.93. The van der Waals surface area contributed by atoms with Crippen molar-refractivity contribution in [2.24, 2.45) is 5.92 Å². The van der Waals surface area contributed by atoms with E-state index >= 15 is 0 Å². The Morgan fingerprint density at radius 1 is 1.24 bits per heavy atom. The Kier molecular flexibility index (Phi) is 4.21. The van der Waals surface area contributed by atoms with Gasteiger partial charge in [0.15, 0.2) is 0 Å². The van der Waals surface area contributed by atoms with Crippen LogP contribution < -0.4 is 10.2 Å². The van der Waals surface area contributed by atoms with Gasteiger partial charge in [0, 0.05) is 36.4 Å². The number of aryl methyl sites for hydroxylation is 2. The summed E-state index contributed by atoms with van der Waals surface area (Å²) in [6.45, 7) is 11.1. The lowest BCUT2D eigenvalue weighted by molar-refractivity contribution is 0.596. The minimum Gasteiger partial charge on any atom is -0.353 e. The molecule has 0 atom stereocenters. The summed E-state index contributed by atoms with van der Waals surface area (Å²) in [4.78, 5) is 7.51. The highest BCUT2D eigenvalue weighted by Crippen LogP contribution is 2.34. The first kappa shape index (κ1) is 14.8. The van der Waals surface area contributed by atoms with Crippen molar-refractivity contribution >= 4 is 5.82 Å². The summed E-state index contributed by atoms with van der Waals surface area (Å²) in [6.07, 6.45) is 5.34. The second kappa shape index (κ2) is 5.96. The average molecular weight is 287 g/mol. The largest absolute Gasteiger partial charge is 0.353 e. The van der Waals surface area contributed by atoms with Crippen molar-refractivity contribution in [3.05, 3.63) is 22.9 Å². The molecule has 0 aromatic carbocycles. The molecule has 21 heavy (non-hydrogen) atoms. The van der Waals surface area contributed by atoms with Gasteiger partial charge in [-0.15, -0.1) is 0 Å². The quantitative estimate of drug-likeness (QED) is 0.831. The summed E-state index contributed by atoms with van der Waals surface area (Å²) in [6, 6.07) is 3.70. The number of hydrogen-bond acceptors (Lipinski definition) is 3. The zero-order chi connectivity index (χ0) is 15.0. The molecule has 2 saturated carbocycles. The summed E-state index contributed by atoms with van der Waals surface area (Å²) in [7, 11) is 0. The molecule has 0 saturated heterocycles. The van der Waals surface area contributed by atoms with E-state index in [4.69, 9.17) is 4.98 Å². The van der Waals surface area contributed by atoms with Gasteiger partial charge in [-0.1, -0.05) is 13.8 Å². The number of aromatic nitrogens is 1. The van der Waals surface area contributed by atoms with Crippen LogP contribution in [0.25, 0.3) is 0 Å². The Morgan fingerprint density at radius 2 is 1.95 bits per heavy atom. The van der Waals surface area contributed by atoms with E-state index in [1.54, 1.807) is 0 Å². The third-order valence-electron chi connectivity index (χ3n) is 4.42. The van der Waals surface area contributed by atoms with Crippen LogP contribution >= 0.6 is 0 Å². The van der Waals surface area contributed by atoms with E-state index in [-0.39, 0.29) is 0 Å². The van der Waals surface area contributed by atoms with E-state index in [2.05, 4.69) is 44.0 Å². The lowest BCUT2D eigenvalue weighted by atomic mass is 10.1. The molecule has 0 spiro atoms. The zero-order valence-corrected chi connectivity index (χ0v) is 13.9. The van der Waals surface area contributed by atoms with E-state index in [9.17, 15) is 0 Å². The van der Waals surface area contributed by atoms with Crippen LogP contribution in [0, 0.1) is 19.8 Å². The van der Waals surface area contributed by atoms with E-state index in [0.29, 0.717) is 5.92 Å². The molecule has 0 aliphatic heterocycles. The molecule has 1 aromatic heterocycles. The number of nitrogens with zero attached hydrogens (tertiary/aromatic N) is 2. The summed E-state index contributed by atoms with van der Waals surface area (Å²) in [5.41, 5.74) is 3.95. The molecule has 1 heterocycles. The number of hydrogen-bond donors (Lipinski definition) is 1. The molecular formula is C18H29N3. The monoisotopic (exact) mass is 287 g/mol. The zero-order valence-electron chi connectivity index (χ0n) is 13.9. The highest BCUT2D eigenvalue weighted by Gasteiger charge is 2.32. The van der Waals surface area contributed by atoms with Crippen LogP contribution in [0.2, 0.25) is 0 Å². The normalized spacial score (nSPS) is 18.3. The predicted molar refractivity (Wildman–Crippen MR) is 88.8 cm³/mol. The van der Waals surface area contributed by atoms with Gasteiger partial charge >= 0.3 is 0 Å². The molecule has 0 amide bonds. The minimum absolute atomic E-state index is 0.678. The van der Waals surface area contributed by atoms with Gasteiger partial charge in [-0.05, 0) is 57.1 Å². The van der Waals surface area contributed by atoms with Gasteiger partial charge in [-0.2, -0.15) is 0 Å². The van der Waals surface area contributed by atoms with Crippen molar-refractivity contribution < 1.29 is 0 Å². The Morgan fingerprint density at radius 3 is 2.52 bits per heavy atom. The van der Waals surface area contributed by atoms with Crippen LogP contribution in [0.3, 0.4) is 0 Å². The van der Waals surface area contributed by atoms with Gasteiger partial charge in [0.1, 0.15) is 5.82 Å². The lowest BCUT2D eigenvalue weighted by Gasteiger charge is -2.29. The third kappa shape index (κ3) is 3.76. The Bertz CT molecular complexity index is 501. The molecule has 1 N–H and O–H groups in total. The molecule has 1 aromatic rings. The highest BCUT2D eigenvalue weighted by atomic mass is 15.2. The van der Waals surface area contributed by atoms with Crippen LogP contribution in [0.15, 0.2) is 6.07 Å². The van der Waals surface area contributed by atoms with E-state index < -0.39 is 0 Å². The Hall–Kier alpha value is -1.09. The molecule has 2 aliphatic rings. The van der Waals surface area contributed by atoms with Crippen molar-refractivity contribution in [1.29, 1.82) is 0 Å². The topological polar surface area (TPSA) is 28.2 Å². The SMILES string of the molecule is Cc1cc(C)c(CNC2CC2)c(N(CC(C)C)C2CC2)n1. The second-order valence-electron chi connectivity index (χ2n) is 7.32. The molecule has 3 rings (SSSR count). The van der Waals surface area contributed by atoms with E-state index in [1.807, 2.05) is 0 Å². The standard InChI is InChI=1S/C18H29N3/c1-12(2)11-21(16-7-8-16)18-17(10-19-15-5-6-15)13(3)9-14(4)20-18/h9,12,15-16,19H,5-8,10-11H2,1-4H3. The van der Waals surface area contributed by atoms with E-state index in [0.717, 1.165) is 30.9 Å². The molecule has 0 bridgehead atoms. The Balaban J connectivity index is 1.88. The maximum Gasteiger partial charge on any atom is 0.133 e. The van der Waals surface area contributed by atoms with Crippen molar-refractivity contribution in [2.45, 2.75) is 72.0 Å². The van der Waals surface area contributed by atoms with Gasteiger partial charge < -0.3 is 10.2 Å². The number of rotatable bonds is 7. The molecule has 0 unspecified atom stereocenters. The third-order valence-corrected chi connectivity index (χ3v) is 4.42. The van der Waals surface area contributed by atoms with Gasteiger partial charge in [0.25, 0.3) is 0 Å². The number of anilines is 1. The van der Waals surface area contributed by atoms with Crippen molar-refractivity contribution in [2.75, 3.05) is 11.4 Å². The molecule has 2 aliphatic carbocycles. The van der Waals surface area contributed by atoms with Crippen LogP contribution in [0.4, 0.5) is 5.82 Å². The first-order valence-corrected chi connectivity index (χ1v) is 8.51. The first-order valence-electron chi connectivity index (χ1n) is 8.51. The molecular weight excluding hydrogens is 258 g/mol. The molecule has 116 valence electrons. The number of pyridine rings is 1. The van der Waals surface area contributed by atoms with Crippen LogP contribution in [0.1, 0.15) is 56.4 Å². The molecule has 0 radical (unpaired) electrons. The lowest BCUT2D eigenvalue weighted by Crippen LogP contribution is -2.33. The van der Waals surface area contributed by atoms with Gasteiger partial charge in [0.05, 0.1) is 0 Å². The average Bonchev–Trinajstić information content (AvgIpc) is 3.25. The van der Waals surface area contributed by atoms with Crippen LogP contribution in [-0.2, 0) is 6.54 Å². The van der Waals surface area contributed by atoms with Gasteiger partial charge in [-0.3, -0.25) is 0 Å². The summed E-state index contributed by atoms with van der Waals surface area (Å²) >= 11 is 0. The van der Waals surface area contributed by atoms with Crippen LogP contribution in [-0.4, -0.2) is 23.6 Å². The molecule has 2 fully saturated rings. The minimum atomic E-state index is 0.678. The fourth-order valence-corrected chi connectivity index (χ4v) is 3.02. The predicted octanol–water partition coefficient (Wildman–Crippen LogP) is 3.58. The second-order valence-corrected chi connectivity index (χ2v) is 7.32. The van der Waals surface area contributed by atoms with E-state index in [1.165, 1.54) is 42.6 Å². The smallest absolute Gasteiger partial charge is 0.133 e. The summed E-state index contributed by atoms with van der Waals surface area (Å²) < 4.78 is 0. The maximum absolute atomic E-state index is 4.93. The number of nitrogens with one attached hydrogen (secondary N) is 1. The fourth-order valence-electron chi connectivity index (χ4n) is 3.02.